The zero-order valence-electron chi connectivity index (χ0n) is 20.5. The topological polar surface area (TPSA) is 236 Å². The molecule has 0 radical (unpaired) electrons. The number of esters is 4. The summed E-state index contributed by atoms with van der Waals surface area (Å²) >= 11 is 0. The molecule has 0 heterocycles. The molecule has 0 aromatic carbocycles. The van der Waals surface area contributed by atoms with Crippen LogP contribution in [-0.4, -0.2) is 75.0 Å². The number of hydrogen-bond donors (Lipinski definition) is 4. The predicted octanol–water partition coefficient (Wildman–Crippen LogP) is 1.37. The Kier molecular flexibility index (Phi) is 15.4. The van der Waals surface area contributed by atoms with Crippen molar-refractivity contribution in [2.75, 3.05) is 0 Å². The molecular formula is C22H34O14S. The number of unbranched alkanes of at least 4 members (excludes halogenated alkanes) is 8. The summed E-state index contributed by atoms with van der Waals surface area (Å²) in [7, 11) is -5.31. The molecule has 0 amide bonds. The van der Waals surface area contributed by atoms with Crippen LogP contribution in [0.4, 0.5) is 0 Å². The molecule has 0 spiro atoms. The van der Waals surface area contributed by atoms with Crippen molar-refractivity contribution in [2.24, 2.45) is 0 Å². The quantitative estimate of drug-likeness (QED) is 0.0764. The van der Waals surface area contributed by atoms with Crippen LogP contribution in [-0.2, 0) is 48.4 Å². The van der Waals surface area contributed by atoms with Gasteiger partial charge in [0.2, 0.25) is 0 Å². The Morgan fingerprint density at radius 3 is 1.65 bits per heavy atom. The monoisotopic (exact) mass is 554 g/mol. The molecule has 0 aliphatic rings. The van der Waals surface area contributed by atoms with E-state index in [9.17, 15) is 47.4 Å². The van der Waals surface area contributed by atoms with Gasteiger partial charge in [0.1, 0.15) is 0 Å². The van der Waals surface area contributed by atoms with E-state index in [0.29, 0.717) is 12.8 Å². The number of ether oxygens (including phenoxy) is 2. The van der Waals surface area contributed by atoms with Crippen LogP contribution in [0.25, 0.3) is 0 Å². The van der Waals surface area contributed by atoms with Crippen LogP contribution < -0.4 is 0 Å². The number of rotatable bonds is 19. The van der Waals surface area contributed by atoms with Gasteiger partial charge in [-0.05, 0) is 6.42 Å². The zero-order valence-corrected chi connectivity index (χ0v) is 21.4. The average Bonchev–Trinajstić information content (AvgIpc) is 2.74. The lowest BCUT2D eigenvalue weighted by Gasteiger charge is -2.21. The van der Waals surface area contributed by atoms with Gasteiger partial charge in [0.25, 0.3) is 10.1 Å². The molecule has 0 fully saturated rings. The Bertz CT molecular complexity index is 926. The summed E-state index contributed by atoms with van der Waals surface area (Å²) < 4.78 is 39.7. The molecule has 0 saturated carbocycles. The Hall–Kier alpha value is -2.91. The van der Waals surface area contributed by atoms with Crippen LogP contribution in [0.15, 0.2) is 0 Å². The van der Waals surface area contributed by atoms with Crippen LogP contribution in [0.3, 0.4) is 0 Å². The van der Waals surface area contributed by atoms with Crippen LogP contribution in [0.5, 0.6) is 0 Å². The van der Waals surface area contributed by atoms with Gasteiger partial charge in [-0.2, -0.15) is 8.42 Å². The van der Waals surface area contributed by atoms with Gasteiger partial charge in [-0.15, -0.1) is 0 Å². The highest BCUT2D eigenvalue weighted by molar-refractivity contribution is 7.87. The second kappa shape index (κ2) is 16.8. The summed E-state index contributed by atoms with van der Waals surface area (Å²) in [4.78, 5) is 69.5. The fourth-order valence-corrected chi connectivity index (χ4v) is 3.81. The molecule has 212 valence electrons. The molecule has 15 heteroatoms. The van der Waals surface area contributed by atoms with Crippen molar-refractivity contribution in [2.45, 2.75) is 101 Å². The summed E-state index contributed by atoms with van der Waals surface area (Å²) in [5.41, 5.74) is -3.20. The van der Waals surface area contributed by atoms with Crippen molar-refractivity contribution in [3.8, 4) is 0 Å². The number of aliphatic hydroxyl groups is 1. The van der Waals surface area contributed by atoms with E-state index in [1.54, 1.807) is 0 Å². The fourth-order valence-electron chi connectivity index (χ4n) is 3.17. The fraction of sp³-hybridized carbons (Fsp3) is 0.727. The summed E-state index contributed by atoms with van der Waals surface area (Å²) in [6.45, 7) is 2.12. The van der Waals surface area contributed by atoms with E-state index in [1.807, 2.05) is 0 Å². The smallest absolute Gasteiger partial charge is 0.336 e. The molecule has 0 aromatic heterocycles. The van der Waals surface area contributed by atoms with Gasteiger partial charge < -0.3 is 24.8 Å². The van der Waals surface area contributed by atoms with Gasteiger partial charge >= 0.3 is 35.8 Å². The van der Waals surface area contributed by atoms with E-state index in [1.165, 1.54) is 12.8 Å². The van der Waals surface area contributed by atoms with E-state index in [4.69, 9.17) is 9.66 Å². The molecule has 0 aliphatic carbocycles. The molecule has 14 nitrogen and oxygen atoms in total. The number of carboxylic acids is 2. The molecule has 0 saturated heterocycles. The second-order valence-corrected chi connectivity index (χ2v) is 10.1. The van der Waals surface area contributed by atoms with Crippen LogP contribution in [0.2, 0.25) is 0 Å². The predicted molar refractivity (Wildman–Crippen MR) is 123 cm³/mol. The Balaban J connectivity index is 4.73. The van der Waals surface area contributed by atoms with E-state index in [0.717, 1.165) is 32.1 Å². The van der Waals surface area contributed by atoms with Crippen molar-refractivity contribution in [3.63, 3.8) is 0 Å². The normalized spacial score (nSPS) is 13.7. The third-order valence-corrected chi connectivity index (χ3v) is 6.26. The average molecular weight is 555 g/mol. The summed E-state index contributed by atoms with van der Waals surface area (Å²) in [6, 6.07) is 0. The number of hydrogen-bond acceptors (Lipinski definition) is 11. The van der Waals surface area contributed by atoms with Crippen LogP contribution in [0, 0.1) is 0 Å². The maximum absolute atomic E-state index is 11.9. The standard InChI is InChI=1S/C22H34O14S/c1-2-3-4-5-6-7-8-9-10-11-17(25)35-18(26)13-22(31,21(29)30)14-19(27)36-20(28)15(12-16(23)24)37(32,33)34/h15,31H,2-14H2,1H3,(H,23,24)(H,29,30)(H,32,33,34). The minimum absolute atomic E-state index is 0.135. The van der Waals surface area contributed by atoms with Crippen LogP contribution in [0.1, 0.15) is 90.4 Å². The molecule has 0 rings (SSSR count). The minimum Gasteiger partial charge on any atom is -0.481 e. The lowest BCUT2D eigenvalue weighted by Crippen LogP contribution is -2.44. The highest BCUT2D eigenvalue weighted by Gasteiger charge is 2.44. The molecular weight excluding hydrogens is 520 g/mol. The first kappa shape index (κ1) is 34.1. The Morgan fingerprint density at radius 2 is 1.22 bits per heavy atom. The van der Waals surface area contributed by atoms with E-state index in [2.05, 4.69) is 16.4 Å². The van der Waals surface area contributed by atoms with Crippen molar-refractivity contribution in [3.05, 3.63) is 0 Å². The van der Waals surface area contributed by atoms with E-state index < -0.39 is 76.0 Å². The third-order valence-electron chi connectivity index (χ3n) is 5.18. The lowest BCUT2D eigenvalue weighted by atomic mass is 9.96. The molecule has 2 atom stereocenters. The molecule has 0 aliphatic heterocycles. The van der Waals surface area contributed by atoms with Crippen LogP contribution >= 0.6 is 0 Å². The van der Waals surface area contributed by atoms with Crippen molar-refractivity contribution in [1.29, 1.82) is 0 Å². The molecule has 0 aromatic rings. The van der Waals surface area contributed by atoms with E-state index in [-0.39, 0.29) is 6.42 Å². The molecule has 0 bridgehead atoms. The van der Waals surface area contributed by atoms with Crippen molar-refractivity contribution >= 4 is 45.9 Å². The van der Waals surface area contributed by atoms with Gasteiger partial charge in [0, 0.05) is 6.42 Å². The summed E-state index contributed by atoms with van der Waals surface area (Å²) in [6.07, 6.45) is 4.20. The maximum Gasteiger partial charge on any atom is 0.336 e. The van der Waals surface area contributed by atoms with Gasteiger partial charge in [-0.1, -0.05) is 58.3 Å². The summed E-state index contributed by atoms with van der Waals surface area (Å²) in [5, 5.41) is 25.3. The summed E-state index contributed by atoms with van der Waals surface area (Å²) in [5.74, 6) is -10.3. The number of carbonyl (C=O) groups is 6. The first-order chi connectivity index (χ1) is 17.1. The van der Waals surface area contributed by atoms with Gasteiger partial charge in [0.05, 0.1) is 19.3 Å². The Morgan fingerprint density at radius 1 is 0.757 bits per heavy atom. The van der Waals surface area contributed by atoms with Gasteiger partial charge in [-0.25, -0.2) is 4.79 Å². The van der Waals surface area contributed by atoms with E-state index >= 15 is 0 Å². The third kappa shape index (κ3) is 15.1. The zero-order chi connectivity index (χ0) is 28.6. The highest BCUT2D eigenvalue weighted by Crippen LogP contribution is 2.19. The number of carboxylic acid groups (broad SMARTS) is 2. The second-order valence-electron chi connectivity index (χ2n) is 8.51. The van der Waals surface area contributed by atoms with Crippen molar-refractivity contribution in [1.82, 2.24) is 0 Å². The molecule has 4 N–H and O–H groups in total. The van der Waals surface area contributed by atoms with Crippen molar-refractivity contribution < 1.29 is 66.5 Å². The highest BCUT2D eigenvalue weighted by atomic mass is 32.2. The SMILES string of the molecule is CCCCCCCCCCCC(=O)OC(=O)CC(O)(CC(=O)OC(=O)C(CC(=O)O)S(=O)(=O)O)C(=O)O. The number of carbonyl (C=O) groups excluding carboxylic acids is 4. The Labute approximate surface area is 214 Å². The first-order valence-electron chi connectivity index (χ1n) is 11.7. The largest absolute Gasteiger partial charge is 0.481 e. The minimum atomic E-state index is -5.31. The first-order valence-corrected chi connectivity index (χ1v) is 13.2. The molecule has 2 unspecified atom stereocenters. The number of aliphatic carboxylic acids is 2. The lowest BCUT2D eigenvalue weighted by molar-refractivity contribution is -0.177. The van der Waals surface area contributed by atoms with Gasteiger partial charge in [0.15, 0.2) is 10.9 Å². The maximum atomic E-state index is 11.9. The molecule has 37 heavy (non-hydrogen) atoms. The van der Waals surface area contributed by atoms with Gasteiger partial charge in [-0.3, -0.25) is 28.5 Å².